The van der Waals surface area contributed by atoms with Crippen molar-refractivity contribution in [3.63, 3.8) is 0 Å². The number of phenols is 1. The van der Waals surface area contributed by atoms with Crippen LogP contribution in [0.5, 0.6) is 5.75 Å². The molecule has 2 nitrogen and oxygen atoms in total. The fourth-order valence-corrected chi connectivity index (χ4v) is 4.16. The van der Waals surface area contributed by atoms with Crippen LogP contribution in [0.2, 0.25) is 0 Å². The molecule has 0 amide bonds. The molecule has 150 valence electrons. The summed E-state index contributed by atoms with van der Waals surface area (Å²) in [5.74, 6) is 0.260. The lowest BCUT2D eigenvalue weighted by molar-refractivity contribution is 0.126. The maximum Gasteiger partial charge on any atom is 0.140 e. The molecule has 5 rings (SSSR count). The van der Waals surface area contributed by atoms with Gasteiger partial charge in [0.05, 0.1) is 0 Å². The number of hydrogen-bond donors (Lipinski definition) is 2. The van der Waals surface area contributed by atoms with Crippen LogP contribution in [0.4, 0.5) is 0 Å². The summed E-state index contributed by atoms with van der Waals surface area (Å²) in [4.78, 5) is 0. The Morgan fingerprint density at radius 3 is 1.58 bits per heavy atom. The van der Waals surface area contributed by atoms with Gasteiger partial charge in [0, 0.05) is 0 Å². The first-order valence-corrected chi connectivity index (χ1v) is 10.3. The Balaban J connectivity index is 1.64. The number of rotatable bonds is 4. The van der Waals surface area contributed by atoms with Gasteiger partial charge in [-0.25, -0.2) is 0 Å². The molecule has 0 aliphatic carbocycles. The van der Waals surface area contributed by atoms with Crippen molar-refractivity contribution >= 4 is 10.8 Å². The van der Waals surface area contributed by atoms with Gasteiger partial charge in [-0.1, -0.05) is 97.1 Å². The first-order chi connectivity index (χ1) is 15.1. The van der Waals surface area contributed by atoms with Crippen LogP contribution in [-0.4, -0.2) is 10.2 Å². The molecular weight excluding hydrogens is 380 g/mol. The third-order valence-corrected chi connectivity index (χ3v) is 5.84. The normalized spacial score (nSPS) is 11.5. The van der Waals surface area contributed by atoms with Crippen molar-refractivity contribution in [3.8, 4) is 16.9 Å². The van der Waals surface area contributed by atoms with Gasteiger partial charge >= 0.3 is 0 Å². The maximum atomic E-state index is 12.0. The van der Waals surface area contributed by atoms with Crippen LogP contribution in [0.3, 0.4) is 0 Å². The molecule has 0 atom stereocenters. The van der Waals surface area contributed by atoms with Crippen LogP contribution in [0.1, 0.15) is 16.7 Å². The SMILES string of the molecule is Oc1ccc(-c2ccc3cc(C(O)(c4ccccc4)c4ccccc4)ccc3c2)cc1. The number of benzene rings is 5. The van der Waals surface area contributed by atoms with Gasteiger partial charge in [-0.3, -0.25) is 0 Å². The van der Waals surface area contributed by atoms with Gasteiger partial charge in [0.1, 0.15) is 11.4 Å². The lowest BCUT2D eigenvalue weighted by atomic mass is 9.80. The van der Waals surface area contributed by atoms with E-state index in [-0.39, 0.29) is 5.75 Å². The Hall–Kier alpha value is -3.88. The highest BCUT2D eigenvalue weighted by molar-refractivity contribution is 5.88. The van der Waals surface area contributed by atoms with Crippen LogP contribution in [0.25, 0.3) is 21.9 Å². The molecule has 0 aliphatic rings. The highest BCUT2D eigenvalue weighted by atomic mass is 16.3. The van der Waals surface area contributed by atoms with E-state index in [0.717, 1.165) is 38.6 Å². The Bertz CT molecular complexity index is 1280. The number of phenolic OH excluding ortho intramolecular Hbond substituents is 1. The van der Waals surface area contributed by atoms with E-state index in [1.54, 1.807) is 12.1 Å². The van der Waals surface area contributed by atoms with Crippen molar-refractivity contribution in [3.05, 3.63) is 138 Å². The van der Waals surface area contributed by atoms with Gasteiger partial charge in [-0.2, -0.15) is 0 Å². The van der Waals surface area contributed by atoms with E-state index < -0.39 is 5.60 Å². The second-order valence-electron chi connectivity index (χ2n) is 7.77. The molecule has 0 aliphatic heterocycles. The van der Waals surface area contributed by atoms with Crippen LogP contribution >= 0.6 is 0 Å². The van der Waals surface area contributed by atoms with Crippen LogP contribution in [0, 0.1) is 0 Å². The predicted molar refractivity (Wildman–Crippen MR) is 126 cm³/mol. The highest BCUT2D eigenvalue weighted by Crippen LogP contribution is 2.38. The maximum absolute atomic E-state index is 12.0. The number of aliphatic hydroxyl groups is 1. The zero-order valence-electron chi connectivity index (χ0n) is 16.9. The summed E-state index contributed by atoms with van der Waals surface area (Å²) in [5, 5.41) is 23.7. The zero-order chi connectivity index (χ0) is 21.3. The standard InChI is InChI=1S/C29H22O2/c30-28-17-14-21(15-18-28)22-11-12-24-20-27(16-13-23(24)19-22)29(31,25-7-3-1-4-8-25)26-9-5-2-6-10-26/h1-20,30-31H. The van der Waals surface area contributed by atoms with E-state index in [1.165, 1.54) is 0 Å². The Labute approximate surface area is 181 Å². The van der Waals surface area contributed by atoms with E-state index in [2.05, 4.69) is 30.3 Å². The van der Waals surface area contributed by atoms with Crippen molar-refractivity contribution in [2.45, 2.75) is 5.60 Å². The fraction of sp³-hybridized carbons (Fsp3) is 0.0345. The average molecular weight is 402 g/mol. The van der Waals surface area contributed by atoms with Crippen LogP contribution in [-0.2, 0) is 5.60 Å². The molecule has 0 bridgehead atoms. The first-order valence-electron chi connectivity index (χ1n) is 10.3. The largest absolute Gasteiger partial charge is 0.508 e. The second-order valence-corrected chi connectivity index (χ2v) is 7.77. The summed E-state index contributed by atoms with van der Waals surface area (Å²) in [6.45, 7) is 0. The van der Waals surface area contributed by atoms with Gasteiger partial charge in [-0.15, -0.1) is 0 Å². The van der Waals surface area contributed by atoms with Crippen molar-refractivity contribution in [1.82, 2.24) is 0 Å². The average Bonchev–Trinajstić information content (AvgIpc) is 2.84. The molecule has 0 fully saturated rings. The molecule has 0 saturated heterocycles. The minimum Gasteiger partial charge on any atom is -0.508 e. The van der Waals surface area contributed by atoms with E-state index >= 15 is 0 Å². The van der Waals surface area contributed by atoms with Crippen molar-refractivity contribution in [2.75, 3.05) is 0 Å². The number of aromatic hydroxyl groups is 1. The molecule has 0 aromatic heterocycles. The van der Waals surface area contributed by atoms with Crippen LogP contribution < -0.4 is 0 Å². The van der Waals surface area contributed by atoms with Gasteiger partial charge in [-0.05, 0) is 62.9 Å². The monoisotopic (exact) mass is 402 g/mol. The van der Waals surface area contributed by atoms with Gasteiger partial charge < -0.3 is 10.2 Å². The van der Waals surface area contributed by atoms with Crippen molar-refractivity contribution < 1.29 is 10.2 Å². The molecule has 0 saturated carbocycles. The smallest absolute Gasteiger partial charge is 0.140 e. The fourth-order valence-electron chi connectivity index (χ4n) is 4.16. The van der Waals surface area contributed by atoms with E-state index in [0.29, 0.717) is 0 Å². The quantitative estimate of drug-likeness (QED) is 0.337. The second kappa shape index (κ2) is 7.75. The first kappa shape index (κ1) is 19.1. The van der Waals surface area contributed by atoms with E-state index in [1.807, 2.05) is 78.9 Å². The van der Waals surface area contributed by atoms with Gasteiger partial charge in [0.25, 0.3) is 0 Å². The van der Waals surface area contributed by atoms with Crippen LogP contribution in [0.15, 0.2) is 121 Å². The molecule has 5 aromatic rings. The lowest BCUT2D eigenvalue weighted by Crippen LogP contribution is -2.28. The molecule has 0 radical (unpaired) electrons. The molecule has 5 aromatic carbocycles. The molecule has 2 N–H and O–H groups in total. The molecule has 31 heavy (non-hydrogen) atoms. The summed E-state index contributed by atoms with van der Waals surface area (Å²) in [5.41, 5.74) is 3.39. The third-order valence-electron chi connectivity index (χ3n) is 5.84. The van der Waals surface area contributed by atoms with E-state index in [9.17, 15) is 10.2 Å². The van der Waals surface area contributed by atoms with Gasteiger partial charge in [0.2, 0.25) is 0 Å². The Morgan fingerprint density at radius 2 is 0.968 bits per heavy atom. The van der Waals surface area contributed by atoms with E-state index in [4.69, 9.17) is 0 Å². The summed E-state index contributed by atoms with van der Waals surface area (Å²) >= 11 is 0. The van der Waals surface area contributed by atoms with Crippen molar-refractivity contribution in [2.24, 2.45) is 0 Å². The summed E-state index contributed by atoms with van der Waals surface area (Å²) in [6, 6.07) is 39.2. The van der Waals surface area contributed by atoms with Crippen molar-refractivity contribution in [1.29, 1.82) is 0 Å². The number of fused-ring (bicyclic) bond motifs is 1. The Kier molecular flexibility index (Phi) is 4.78. The lowest BCUT2D eigenvalue weighted by Gasteiger charge is -2.30. The summed E-state index contributed by atoms with van der Waals surface area (Å²) < 4.78 is 0. The zero-order valence-corrected chi connectivity index (χ0v) is 16.9. The third kappa shape index (κ3) is 3.48. The summed E-state index contributed by atoms with van der Waals surface area (Å²) in [7, 11) is 0. The number of hydrogen-bond acceptors (Lipinski definition) is 2. The minimum atomic E-state index is -1.24. The molecule has 2 heteroatoms. The molecule has 0 heterocycles. The molecule has 0 unspecified atom stereocenters. The molecule has 0 spiro atoms. The summed E-state index contributed by atoms with van der Waals surface area (Å²) in [6.07, 6.45) is 0. The Morgan fingerprint density at radius 1 is 0.452 bits per heavy atom. The molecular formula is C29H22O2. The highest BCUT2D eigenvalue weighted by Gasteiger charge is 2.33. The topological polar surface area (TPSA) is 40.5 Å². The van der Waals surface area contributed by atoms with Gasteiger partial charge in [0.15, 0.2) is 0 Å². The predicted octanol–water partition coefficient (Wildman–Crippen LogP) is 6.50. The minimum absolute atomic E-state index is 0.260.